The standard InChI is InChI=1S/C16H26N6O2/c1-16(2,3)15(24)21-13-12(19-6-7-20-13)14(23)22-10-8-17-4-5-18-9-11-22/h6-7,17-18H,4-5,8-11H2,1-3H3,(H,20,21,24). The molecule has 0 bridgehead atoms. The van der Waals surface area contributed by atoms with Gasteiger partial charge in [-0.1, -0.05) is 20.8 Å². The average Bonchev–Trinajstić information content (AvgIpc) is 2.67. The molecule has 1 aliphatic heterocycles. The van der Waals surface area contributed by atoms with E-state index in [1.54, 1.807) is 25.7 Å². The molecule has 8 heteroatoms. The molecule has 2 rings (SSSR count). The van der Waals surface area contributed by atoms with Gasteiger partial charge in [0.2, 0.25) is 5.91 Å². The van der Waals surface area contributed by atoms with E-state index in [1.807, 2.05) is 0 Å². The molecule has 2 amide bonds. The molecule has 132 valence electrons. The Kier molecular flexibility index (Phi) is 6.22. The summed E-state index contributed by atoms with van der Waals surface area (Å²) in [6, 6.07) is 0. The van der Waals surface area contributed by atoms with E-state index in [9.17, 15) is 9.59 Å². The van der Waals surface area contributed by atoms with Gasteiger partial charge in [0.05, 0.1) is 0 Å². The number of carbonyl (C=O) groups is 2. The van der Waals surface area contributed by atoms with Crippen LogP contribution in [0.5, 0.6) is 0 Å². The Morgan fingerprint density at radius 3 is 2.21 bits per heavy atom. The van der Waals surface area contributed by atoms with Gasteiger partial charge in [0.25, 0.3) is 5.91 Å². The third-order valence-electron chi connectivity index (χ3n) is 3.70. The number of rotatable bonds is 2. The number of aromatic nitrogens is 2. The second-order valence-electron chi connectivity index (χ2n) is 6.75. The molecule has 1 saturated heterocycles. The zero-order valence-corrected chi connectivity index (χ0v) is 14.6. The molecular formula is C16H26N6O2. The van der Waals surface area contributed by atoms with Gasteiger partial charge in [-0.2, -0.15) is 0 Å². The second kappa shape index (κ2) is 8.16. The molecule has 1 aromatic rings. The molecule has 1 aromatic heterocycles. The van der Waals surface area contributed by atoms with Crippen LogP contribution in [0.2, 0.25) is 0 Å². The maximum absolute atomic E-state index is 12.8. The highest BCUT2D eigenvalue weighted by molar-refractivity contribution is 6.02. The molecule has 8 nitrogen and oxygen atoms in total. The van der Waals surface area contributed by atoms with Gasteiger partial charge in [-0.05, 0) is 0 Å². The lowest BCUT2D eigenvalue weighted by Crippen LogP contribution is -2.40. The average molecular weight is 334 g/mol. The normalized spacial score (nSPS) is 16.7. The zero-order chi connectivity index (χ0) is 17.6. The Morgan fingerprint density at radius 2 is 1.62 bits per heavy atom. The first kappa shape index (κ1) is 18.3. The van der Waals surface area contributed by atoms with E-state index in [2.05, 4.69) is 25.9 Å². The molecular weight excluding hydrogens is 308 g/mol. The predicted molar refractivity (Wildman–Crippen MR) is 91.8 cm³/mol. The van der Waals surface area contributed by atoms with Crippen LogP contribution in [0, 0.1) is 5.41 Å². The van der Waals surface area contributed by atoms with Crippen LogP contribution in [-0.4, -0.2) is 66.0 Å². The molecule has 0 aliphatic carbocycles. The minimum atomic E-state index is -0.579. The van der Waals surface area contributed by atoms with E-state index >= 15 is 0 Å². The Morgan fingerprint density at radius 1 is 1.04 bits per heavy atom. The third-order valence-corrected chi connectivity index (χ3v) is 3.70. The van der Waals surface area contributed by atoms with Crippen LogP contribution >= 0.6 is 0 Å². The molecule has 0 radical (unpaired) electrons. The van der Waals surface area contributed by atoms with E-state index in [1.165, 1.54) is 12.4 Å². The van der Waals surface area contributed by atoms with Gasteiger partial charge in [-0.3, -0.25) is 9.59 Å². The fraction of sp³-hybridized carbons (Fsp3) is 0.625. The molecule has 1 aliphatic rings. The highest BCUT2D eigenvalue weighted by Crippen LogP contribution is 2.18. The first-order valence-electron chi connectivity index (χ1n) is 8.23. The Labute approximate surface area is 142 Å². The van der Waals surface area contributed by atoms with Crippen LogP contribution in [0.1, 0.15) is 31.3 Å². The minimum absolute atomic E-state index is 0.175. The first-order valence-corrected chi connectivity index (χ1v) is 8.23. The molecule has 2 heterocycles. The molecule has 0 aromatic carbocycles. The molecule has 0 atom stereocenters. The number of hydrogen-bond donors (Lipinski definition) is 3. The van der Waals surface area contributed by atoms with Crippen molar-refractivity contribution < 1.29 is 9.59 Å². The highest BCUT2D eigenvalue weighted by atomic mass is 16.2. The third kappa shape index (κ3) is 4.97. The van der Waals surface area contributed by atoms with Crippen LogP contribution in [0.25, 0.3) is 0 Å². The lowest BCUT2D eigenvalue weighted by atomic mass is 9.96. The summed E-state index contributed by atoms with van der Waals surface area (Å²) in [5.74, 6) is -0.217. The van der Waals surface area contributed by atoms with Gasteiger partial charge in [0.15, 0.2) is 11.5 Å². The smallest absolute Gasteiger partial charge is 0.276 e. The van der Waals surface area contributed by atoms with Crippen LogP contribution in [0.15, 0.2) is 12.4 Å². The highest BCUT2D eigenvalue weighted by Gasteiger charge is 2.26. The monoisotopic (exact) mass is 334 g/mol. The van der Waals surface area contributed by atoms with Crippen molar-refractivity contribution in [3.63, 3.8) is 0 Å². The van der Waals surface area contributed by atoms with Gasteiger partial charge in [-0.15, -0.1) is 0 Å². The van der Waals surface area contributed by atoms with Crippen molar-refractivity contribution in [3.8, 4) is 0 Å². The van der Waals surface area contributed by atoms with E-state index in [0.29, 0.717) is 13.1 Å². The molecule has 1 fully saturated rings. The fourth-order valence-electron chi connectivity index (χ4n) is 2.20. The Hall–Kier alpha value is -2.06. The topological polar surface area (TPSA) is 99.2 Å². The maximum atomic E-state index is 12.8. The summed E-state index contributed by atoms with van der Waals surface area (Å²) < 4.78 is 0. The second-order valence-corrected chi connectivity index (χ2v) is 6.75. The number of nitrogens with one attached hydrogen (secondary N) is 3. The van der Waals surface area contributed by atoms with Crippen molar-refractivity contribution in [2.45, 2.75) is 20.8 Å². The number of carbonyl (C=O) groups excluding carboxylic acids is 2. The zero-order valence-electron chi connectivity index (χ0n) is 14.6. The quantitative estimate of drug-likeness (QED) is 0.709. The largest absolute Gasteiger partial charge is 0.335 e. The van der Waals surface area contributed by atoms with Crippen molar-refractivity contribution >= 4 is 17.6 Å². The summed E-state index contributed by atoms with van der Waals surface area (Å²) >= 11 is 0. The maximum Gasteiger partial charge on any atom is 0.276 e. The predicted octanol–water partition coefficient (Wildman–Crippen LogP) is 0.0962. The fourth-order valence-corrected chi connectivity index (χ4v) is 2.20. The van der Waals surface area contributed by atoms with Crippen molar-refractivity contribution in [1.29, 1.82) is 0 Å². The summed E-state index contributed by atoms with van der Waals surface area (Å²) in [5.41, 5.74) is -0.404. The summed E-state index contributed by atoms with van der Waals surface area (Å²) in [6.45, 7) is 9.78. The summed E-state index contributed by atoms with van der Waals surface area (Å²) in [6.07, 6.45) is 2.93. The summed E-state index contributed by atoms with van der Waals surface area (Å²) in [7, 11) is 0. The van der Waals surface area contributed by atoms with Gasteiger partial charge in [0, 0.05) is 57.1 Å². The van der Waals surface area contributed by atoms with E-state index < -0.39 is 5.41 Å². The number of amides is 2. The lowest BCUT2D eigenvalue weighted by molar-refractivity contribution is -0.123. The van der Waals surface area contributed by atoms with Crippen molar-refractivity contribution in [1.82, 2.24) is 25.5 Å². The van der Waals surface area contributed by atoms with Crippen molar-refractivity contribution in [2.75, 3.05) is 44.6 Å². The molecule has 0 spiro atoms. The first-order chi connectivity index (χ1) is 11.4. The Bertz CT molecular complexity index is 574. The van der Waals surface area contributed by atoms with Gasteiger partial charge >= 0.3 is 0 Å². The molecule has 3 N–H and O–H groups in total. The van der Waals surface area contributed by atoms with Crippen LogP contribution in [-0.2, 0) is 4.79 Å². The summed E-state index contributed by atoms with van der Waals surface area (Å²) in [4.78, 5) is 35.1. The van der Waals surface area contributed by atoms with Gasteiger partial charge < -0.3 is 20.9 Å². The molecule has 0 unspecified atom stereocenters. The number of anilines is 1. The van der Waals surface area contributed by atoms with Gasteiger partial charge in [0.1, 0.15) is 0 Å². The number of hydrogen-bond acceptors (Lipinski definition) is 6. The molecule has 0 saturated carbocycles. The molecule has 24 heavy (non-hydrogen) atoms. The van der Waals surface area contributed by atoms with E-state index in [0.717, 1.165) is 26.2 Å². The van der Waals surface area contributed by atoms with Crippen molar-refractivity contribution in [3.05, 3.63) is 18.1 Å². The van der Waals surface area contributed by atoms with Crippen LogP contribution < -0.4 is 16.0 Å². The van der Waals surface area contributed by atoms with E-state index in [-0.39, 0.29) is 23.3 Å². The number of nitrogens with zero attached hydrogens (tertiary/aromatic N) is 3. The van der Waals surface area contributed by atoms with Crippen LogP contribution in [0.3, 0.4) is 0 Å². The lowest BCUT2D eigenvalue weighted by Gasteiger charge is -2.23. The Balaban J connectivity index is 2.17. The van der Waals surface area contributed by atoms with Crippen LogP contribution in [0.4, 0.5) is 5.82 Å². The SMILES string of the molecule is CC(C)(C)C(=O)Nc1nccnc1C(=O)N1CCNCCNCC1. The minimum Gasteiger partial charge on any atom is -0.335 e. The van der Waals surface area contributed by atoms with Crippen molar-refractivity contribution in [2.24, 2.45) is 5.41 Å². The summed E-state index contributed by atoms with van der Waals surface area (Å²) in [5, 5.41) is 9.26. The van der Waals surface area contributed by atoms with E-state index in [4.69, 9.17) is 0 Å². The van der Waals surface area contributed by atoms with Gasteiger partial charge in [-0.25, -0.2) is 9.97 Å².